The van der Waals surface area contributed by atoms with Gasteiger partial charge in [0.1, 0.15) is 0 Å². The Bertz CT molecular complexity index is 343. The summed E-state index contributed by atoms with van der Waals surface area (Å²) in [6, 6.07) is 0. The lowest BCUT2D eigenvalue weighted by Crippen LogP contribution is -2.09. The highest BCUT2D eigenvalue weighted by molar-refractivity contribution is 5.59. The number of rotatable bonds is 25. The van der Waals surface area contributed by atoms with Crippen LogP contribution in [0.3, 0.4) is 0 Å². The Morgan fingerprint density at radius 1 is 0.387 bits per heavy atom. The van der Waals surface area contributed by atoms with Gasteiger partial charge in [-0.1, -0.05) is 149 Å². The molecular weight excluding hydrogens is 384 g/mol. The Hall–Kier alpha value is -0.730. The molecule has 0 heterocycles. The molecule has 0 saturated heterocycles. The summed E-state index contributed by atoms with van der Waals surface area (Å²) in [6.07, 6.45) is 30.3. The largest absolute Gasteiger partial charge is 0.508 e. The van der Waals surface area contributed by atoms with E-state index >= 15 is 0 Å². The summed E-state index contributed by atoms with van der Waals surface area (Å²) in [7, 11) is 0. The zero-order valence-corrected chi connectivity index (χ0v) is 21.4. The van der Waals surface area contributed by atoms with E-state index in [2.05, 4.69) is 13.8 Å². The van der Waals surface area contributed by atoms with Crippen LogP contribution < -0.4 is 0 Å². The van der Waals surface area contributed by atoms with Crippen LogP contribution in [0.25, 0.3) is 0 Å². The second kappa shape index (κ2) is 27.3. The molecule has 0 aliphatic carbocycles. The molecule has 0 bridgehead atoms. The Kier molecular flexibility index (Phi) is 26.7. The first-order valence-electron chi connectivity index (χ1n) is 14.1. The van der Waals surface area contributed by atoms with E-state index < -0.39 is 6.16 Å². The first-order valence-corrected chi connectivity index (χ1v) is 14.1. The summed E-state index contributed by atoms with van der Waals surface area (Å²) >= 11 is 0. The Balaban J connectivity index is 3.07. The lowest BCUT2D eigenvalue weighted by Gasteiger charge is -2.06. The van der Waals surface area contributed by atoms with Crippen LogP contribution in [0, 0.1) is 0 Å². The van der Waals surface area contributed by atoms with Gasteiger partial charge in [0.05, 0.1) is 13.2 Å². The first kappa shape index (κ1) is 30.3. The summed E-state index contributed by atoms with van der Waals surface area (Å²) in [5, 5.41) is 0. The van der Waals surface area contributed by atoms with Gasteiger partial charge in [-0.2, -0.15) is 0 Å². The number of hydrogen-bond donors (Lipinski definition) is 0. The van der Waals surface area contributed by atoms with Crippen molar-refractivity contribution in [2.24, 2.45) is 0 Å². The molecule has 3 heteroatoms. The quantitative estimate of drug-likeness (QED) is 0.105. The Labute approximate surface area is 195 Å². The highest BCUT2D eigenvalue weighted by atomic mass is 16.7. The lowest BCUT2D eigenvalue weighted by molar-refractivity contribution is 0.0529. The lowest BCUT2D eigenvalue weighted by atomic mass is 10.0. The predicted octanol–water partition coefficient (Wildman–Crippen LogP) is 10.2. The standard InChI is InChI=1S/C28H56O3/c1-3-5-7-8-9-10-11-12-13-14-15-16-17-18-19-20-21-22-23-25-27-31-28(29)30-26-24-6-4-2/h3-27H2,1-2H3. The predicted molar refractivity (Wildman–Crippen MR) is 135 cm³/mol. The van der Waals surface area contributed by atoms with Gasteiger partial charge < -0.3 is 9.47 Å². The molecule has 0 saturated carbocycles. The molecular formula is C28H56O3. The van der Waals surface area contributed by atoms with Crippen molar-refractivity contribution in [1.29, 1.82) is 0 Å². The highest BCUT2D eigenvalue weighted by Gasteiger charge is 2.02. The molecule has 0 amide bonds. The van der Waals surface area contributed by atoms with Gasteiger partial charge in [0.15, 0.2) is 0 Å². The summed E-state index contributed by atoms with van der Waals surface area (Å²) in [5.41, 5.74) is 0. The molecule has 31 heavy (non-hydrogen) atoms. The van der Waals surface area contributed by atoms with E-state index in [0.717, 1.165) is 32.1 Å². The zero-order valence-electron chi connectivity index (χ0n) is 21.4. The van der Waals surface area contributed by atoms with E-state index in [1.165, 1.54) is 116 Å². The molecule has 0 atom stereocenters. The van der Waals surface area contributed by atoms with Crippen molar-refractivity contribution in [2.75, 3.05) is 13.2 Å². The van der Waals surface area contributed by atoms with Crippen LogP contribution >= 0.6 is 0 Å². The summed E-state index contributed by atoms with van der Waals surface area (Å²) in [4.78, 5) is 11.4. The molecule has 0 unspecified atom stereocenters. The maximum Gasteiger partial charge on any atom is 0.508 e. The van der Waals surface area contributed by atoms with Gasteiger partial charge in [0.25, 0.3) is 0 Å². The van der Waals surface area contributed by atoms with E-state index in [-0.39, 0.29) is 0 Å². The molecule has 0 aromatic rings. The zero-order chi connectivity index (χ0) is 22.7. The fourth-order valence-corrected chi connectivity index (χ4v) is 4.06. The van der Waals surface area contributed by atoms with Crippen LogP contribution in [0.4, 0.5) is 4.79 Å². The molecule has 0 rings (SSSR count). The Morgan fingerprint density at radius 3 is 0.935 bits per heavy atom. The van der Waals surface area contributed by atoms with Gasteiger partial charge in [0.2, 0.25) is 0 Å². The second-order valence-electron chi connectivity index (χ2n) is 9.37. The summed E-state index contributed by atoms with van der Waals surface area (Å²) in [5.74, 6) is 0. The van der Waals surface area contributed by atoms with Crippen molar-refractivity contribution >= 4 is 6.16 Å². The van der Waals surface area contributed by atoms with Crippen LogP contribution in [0.15, 0.2) is 0 Å². The van der Waals surface area contributed by atoms with Crippen LogP contribution in [-0.4, -0.2) is 19.4 Å². The van der Waals surface area contributed by atoms with Gasteiger partial charge in [-0.25, -0.2) is 4.79 Å². The van der Waals surface area contributed by atoms with Crippen LogP contribution in [0.2, 0.25) is 0 Å². The van der Waals surface area contributed by atoms with Crippen molar-refractivity contribution < 1.29 is 14.3 Å². The topological polar surface area (TPSA) is 35.5 Å². The van der Waals surface area contributed by atoms with Crippen molar-refractivity contribution in [3.05, 3.63) is 0 Å². The minimum Gasteiger partial charge on any atom is -0.434 e. The first-order chi connectivity index (χ1) is 15.3. The third-order valence-corrected chi connectivity index (χ3v) is 6.19. The molecule has 0 radical (unpaired) electrons. The highest BCUT2D eigenvalue weighted by Crippen LogP contribution is 2.14. The number of unbranched alkanes of at least 4 members (excludes halogenated alkanes) is 21. The molecule has 186 valence electrons. The van der Waals surface area contributed by atoms with E-state index in [9.17, 15) is 4.79 Å². The minimum absolute atomic E-state index is 0.492. The summed E-state index contributed by atoms with van der Waals surface area (Å²) < 4.78 is 10.1. The van der Waals surface area contributed by atoms with Gasteiger partial charge in [0, 0.05) is 0 Å². The van der Waals surface area contributed by atoms with E-state index in [4.69, 9.17) is 9.47 Å². The van der Waals surface area contributed by atoms with Gasteiger partial charge >= 0.3 is 6.16 Å². The third-order valence-electron chi connectivity index (χ3n) is 6.19. The maximum atomic E-state index is 11.4. The fraction of sp³-hybridized carbons (Fsp3) is 0.964. The van der Waals surface area contributed by atoms with Crippen molar-refractivity contribution in [3.63, 3.8) is 0 Å². The van der Waals surface area contributed by atoms with E-state index in [1.54, 1.807) is 0 Å². The van der Waals surface area contributed by atoms with Crippen LogP contribution in [0.5, 0.6) is 0 Å². The Morgan fingerprint density at radius 2 is 0.613 bits per heavy atom. The number of hydrogen-bond acceptors (Lipinski definition) is 3. The molecule has 0 aliphatic rings. The number of carbonyl (C=O) groups is 1. The molecule has 0 aromatic carbocycles. The third kappa shape index (κ3) is 27.2. The molecule has 0 spiro atoms. The van der Waals surface area contributed by atoms with Crippen LogP contribution in [0.1, 0.15) is 162 Å². The molecule has 0 aromatic heterocycles. The van der Waals surface area contributed by atoms with Crippen molar-refractivity contribution in [3.8, 4) is 0 Å². The SMILES string of the molecule is CCCCCCCCCCCCCCCCCCCCCCOC(=O)OCCCCC. The van der Waals surface area contributed by atoms with Gasteiger partial charge in [-0.3, -0.25) is 0 Å². The smallest absolute Gasteiger partial charge is 0.434 e. The molecule has 3 nitrogen and oxygen atoms in total. The number of carbonyl (C=O) groups excluding carboxylic acids is 1. The monoisotopic (exact) mass is 440 g/mol. The van der Waals surface area contributed by atoms with Gasteiger partial charge in [-0.05, 0) is 12.8 Å². The number of ether oxygens (including phenoxy) is 2. The maximum absolute atomic E-state index is 11.4. The molecule has 0 aliphatic heterocycles. The van der Waals surface area contributed by atoms with E-state index in [1.807, 2.05) is 0 Å². The fourth-order valence-electron chi connectivity index (χ4n) is 4.06. The van der Waals surface area contributed by atoms with Gasteiger partial charge in [-0.15, -0.1) is 0 Å². The minimum atomic E-state index is -0.492. The molecule has 0 N–H and O–H groups in total. The van der Waals surface area contributed by atoms with Crippen molar-refractivity contribution in [1.82, 2.24) is 0 Å². The van der Waals surface area contributed by atoms with Crippen molar-refractivity contribution in [2.45, 2.75) is 162 Å². The van der Waals surface area contributed by atoms with Crippen LogP contribution in [-0.2, 0) is 9.47 Å². The van der Waals surface area contributed by atoms with E-state index in [0.29, 0.717) is 13.2 Å². The normalized spacial score (nSPS) is 11.0. The average molecular weight is 441 g/mol. The molecule has 0 fully saturated rings. The summed E-state index contributed by atoms with van der Waals surface area (Å²) in [6.45, 7) is 5.42. The second-order valence-corrected chi connectivity index (χ2v) is 9.37. The average Bonchev–Trinajstić information content (AvgIpc) is 2.77.